The number of aromatic nitrogens is 2. The predicted octanol–water partition coefficient (Wildman–Crippen LogP) is 3.28. The number of thiophene rings is 1. The van der Waals surface area contributed by atoms with Gasteiger partial charge in [0, 0.05) is 55.0 Å². The van der Waals surface area contributed by atoms with Gasteiger partial charge in [-0.15, -0.1) is 11.3 Å². The molecular formula is C26H36F2N6O2S. The Hall–Kier alpha value is -2.24. The molecule has 202 valence electrons. The number of nitrogens with zero attached hydrogens (tertiary/aromatic N) is 5. The number of aliphatic hydroxyl groups is 1. The van der Waals surface area contributed by atoms with E-state index in [1.165, 1.54) is 4.88 Å². The van der Waals surface area contributed by atoms with Crippen LogP contribution in [0.25, 0.3) is 0 Å². The van der Waals surface area contributed by atoms with E-state index in [4.69, 9.17) is 16.8 Å². The first-order valence-corrected chi connectivity index (χ1v) is 14.0. The molecule has 0 amide bonds. The molecule has 2 atom stereocenters. The van der Waals surface area contributed by atoms with E-state index in [1.54, 1.807) is 23.3 Å². The summed E-state index contributed by atoms with van der Waals surface area (Å²) < 4.78 is 42.3. The molecule has 1 spiro atoms. The summed E-state index contributed by atoms with van der Waals surface area (Å²) in [5.74, 6) is -1.34. The lowest BCUT2D eigenvalue weighted by molar-refractivity contribution is 0.0136. The Kier molecular flexibility index (Phi) is 5.74. The Morgan fingerprint density at radius 1 is 1.19 bits per heavy atom. The van der Waals surface area contributed by atoms with Crippen molar-refractivity contribution in [2.45, 2.75) is 68.4 Å². The van der Waals surface area contributed by atoms with Crippen LogP contribution in [0, 0.1) is 0 Å². The van der Waals surface area contributed by atoms with Gasteiger partial charge in [0.25, 0.3) is 5.92 Å². The van der Waals surface area contributed by atoms with Crippen LogP contribution in [-0.4, -0.2) is 83.9 Å². The third-order valence-electron chi connectivity index (χ3n) is 8.38. The third-order valence-corrected chi connectivity index (χ3v) is 9.36. The number of likely N-dealkylation sites (tertiary alicyclic amines) is 1. The van der Waals surface area contributed by atoms with Crippen molar-refractivity contribution in [3.05, 3.63) is 22.5 Å². The topological polar surface area (TPSA) is 91.0 Å². The Labute approximate surface area is 221 Å². The molecule has 0 bridgehead atoms. The molecule has 2 aromatic heterocycles. The van der Waals surface area contributed by atoms with Crippen LogP contribution in [0.2, 0.25) is 0 Å². The lowest BCUT2D eigenvalue weighted by atomic mass is 9.67. The van der Waals surface area contributed by atoms with Crippen molar-refractivity contribution < 1.29 is 20.0 Å². The van der Waals surface area contributed by atoms with Gasteiger partial charge < -0.3 is 25.4 Å². The van der Waals surface area contributed by atoms with Crippen molar-refractivity contribution >= 4 is 28.0 Å². The van der Waals surface area contributed by atoms with Crippen molar-refractivity contribution in [2.24, 2.45) is 0 Å². The number of fused-ring (bicyclic) bond motifs is 2. The monoisotopic (exact) mass is 535 g/mol. The minimum absolute atomic E-state index is 0.0797. The average Bonchev–Trinajstić information content (AvgIpc) is 3.27. The molecule has 0 saturated carbocycles. The van der Waals surface area contributed by atoms with Gasteiger partial charge in [0.05, 0.1) is 18.5 Å². The van der Waals surface area contributed by atoms with E-state index >= 15 is 0 Å². The Balaban J connectivity index is 1.26. The molecule has 0 unspecified atom stereocenters. The summed E-state index contributed by atoms with van der Waals surface area (Å²) in [7, 11) is 1.68. The second kappa shape index (κ2) is 8.91. The van der Waals surface area contributed by atoms with Crippen LogP contribution in [0.4, 0.5) is 25.4 Å². The Morgan fingerprint density at radius 2 is 1.95 bits per heavy atom. The predicted molar refractivity (Wildman–Crippen MR) is 141 cm³/mol. The molecule has 6 rings (SSSR count). The number of likely N-dealkylation sites (N-methyl/N-ethyl adjacent to an activating group) is 1. The van der Waals surface area contributed by atoms with Crippen LogP contribution in [-0.2, 0) is 11.8 Å². The second-order valence-corrected chi connectivity index (χ2v) is 12.8. The minimum Gasteiger partial charge on any atom is -0.462 e. The van der Waals surface area contributed by atoms with Crippen molar-refractivity contribution in [1.29, 1.82) is 0 Å². The quantitative estimate of drug-likeness (QED) is 0.603. The standard InChI is InChI=1S/C26H36F2N6O2S/c1-24(35)6-4-8-33(13-24)21-10-22(31-23(30-21)36-12-17-11-26(27,28)16-32(17)2)34-14-25(15-34)7-3-5-19-18(25)9-20(29)37-19/h9-10,17,35H,3-8,11-16,29H2,1-2H3/t17-,24+/m0/s1/i9D. The Morgan fingerprint density at radius 3 is 2.65 bits per heavy atom. The van der Waals surface area contributed by atoms with E-state index in [-0.39, 0.29) is 31.0 Å². The van der Waals surface area contributed by atoms with E-state index in [2.05, 4.69) is 9.88 Å². The van der Waals surface area contributed by atoms with Crippen LogP contribution in [0.15, 0.2) is 12.1 Å². The van der Waals surface area contributed by atoms with Gasteiger partial charge in [0.1, 0.15) is 18.2 Å². The number of hydrogen-bond acceptors (Lipinski definition) is 9. The Bertz CT molecular complexity index is 1220. The molecular weight excluding hydrogens is 498 g/mol. The lowest BCUT2D eigenvalue weighted by Gasteiger charge is -2.53. The molecule has 2 aromatic rings. The molecule has 1 aliphatic carbocycles. The van der Waals surface area contributed by atoms with Gasteiger partial charge in [-0.2, -0.15) is 9.97 Å². The fourth-order valence-corrected chi connectivity index (χ4v) is 7.54. The number of hydrogen-bond donors (Lipinski definition) is 2. The maximum Gasteiger partial charge on any atom is 0.320 e. The van der Waals surface area contributed by atoms with Gasteiger partial charge in [-0.1, -0.05) is 0 Å². The maximum atomic E-state index is 13.9. The summed E-state index contributed by atoms with van der Waals surface area (Å²) in [5, 5.41) is 11.3. The number of halogens is 2. The van der Waals surface area contributed by atoms with Crippen molar-refractivity contribution in [1.82, 2.24) is 14.9 Å². The molecule has 37 heavy (non-hydrogen) atoms. The summed E-state index contributed by atoms with van der Waals surface area (Å²) in [6, 6.07) is 2.16. The molecule has 0 aromatic carbocycles. The molecule has 3 fully saturated rings. The minimum atomic E-state index is -2.72. The normalized spacial score (nSPS) is 29.2. The number of alkyl halides is 2. The third kappa shape index (κ3) is 4.85. The van der Waals surface area contributed by atoms with E-state index in [0.29, 0.717) is 29.2 Å². The first kappa shape index (κ1) is 23.8. The molecule has 3 aliphatic heterocycles. The highest BCUT2D eigenvalue weighted by Gasteiger charge is 2.48. The first-order chi connectivity index (χ1) is 17.9. The van der Waals surface area contributed by atoms with Gasteiger partial charge in [-0.05, 0) is 57.7 Å². The highest BCUT2D eigenvalue weighted by atomic mass is 32.1. The second-order valence-electron chi connectivity index (χ2n) is 11.7. The zero-order valence-corrected chi connectivity index (χ0v) is 22.3. The number of β-amino-alcohol motifs (C(OH)–C–C–N with tert-alkyl or cyclic N) is 1. The number of anilines is 3. The highest BCUT2D eigenvalue weighted by Crippen LogP contribution is 2.49. The van der Waals surface area contributed by atoms with E-state index in [1.807, 2.05) is 17.9 Å². The molecule has 4 aliphatic rings. The molecule has 8 nitrogen and oxygen atoms in total. The number of rotatable bonds is 5. The van der Waals surface area contributed by atoms with Crippen LogP contribution in [0.1, 0.15) is 50.8 Å². The highest BCUT2D eigenvalue weighted by molar-refractivity contribution is 7.16. The number of nitrogens with two attached hydrogens (primary N) is 1. The number of ether oxygens (including phenoxy) is 1. The summed E-state index contributed by atoms with van der Waals surface area (Å²) in [5.41, 5.74) is 6.31. The zero-order chi connectivity index (χ0) is 26.9. The number of piperidine rings is 1. The van der Waals surface area contributed by atoms with Gasteiger partial charge >= 0.3 is 6.01 Å². The molecule has 0 radical (unpaired) electrons. The van der Waals surface area contributed by atoms with Gasteiger partial charge in [0.2, 0.25) is 0 Å². The van der Waals surface area contributed by atoms with Crippen LogP contribution in [0.3, 0.4) is 0 Å². The van der Waals surface area contributed by atoms with Crippen molar-refractivity contribution in [3.8, 4) is 6.01 Å². The van der Waals surface area contributed by atoms with Crippen LogP contribution in [0.5, 0.6) is 6.01 Å². The average molecular weight is 536 g/mol. The largest absolute Gasteiger partial charge is 0.462 e. The van der Waals surface area contributed by atoms with Crippen molar-refractivity contribution in [3.63, 3.8) is 0 Å². The smallest absolute Gasteiger partial charge is 0.320 e. The SMILES string of the molecule is [2H]c1c(N)sc2c1C1(CCC2)CN(c2cc(N3CCC[C@@](C)(O)C3)nc(OC[C@@H]3CC(F)(F)CN3C)n2)C1. The molecule has 11 heteroatoms. The molecule has 3 saturated heterocycles. The fourth-order valence-electron chi connectivity index (χ4n) is 6.50. The summed E-state index contributed by atoms with van der Waals surface area (Å²) in [6.07, 6.45) is 4.38. The van der Waals surface area contributed by atoms with E-state index in [9.17, 15) is 13.9 Å². The van der Waals surface area contributed by atoms with Crippen molar-refractivity contribution in [2.75, 3.05) is 61.9 Å². The van der Waals surface area contributed by atoms with Gasteiger partial charge in [0.15, 0.2) is 0 Å². The summed E-state index contributed by atoms with van der Waals surface area (Å²) in [4.78, 5) is 16.4. The fraction of sp³-hybridized carbons (Fsp3) is 0.692. The van der Waals surface area contributed by atoms with E-state index < -0.39 is 17.6 Å². The summed E-state index contributed by atoms with van der Waals surface area (Å²) >= 11 is 1.55. The van der Waals surface area contributed by atoms with Gasteiger partial charge in [-0.25, -0.2) is 8.78 Å². The first-order valence-electron chi connectivity index (χ1n) is 13.6. The van der Waals surface area contributed by atoms with Crippen LogP contribution >= 0.6 is 11.3 Å². The summed E-state index contributed by atoms with van der Waals surface area (Å²) in [6.45, 7) is 4.30. The maximum absolute atomic E-state index is 13.9. The zero-order valence-electron chi connectivity index (χ0n) is 22.5. The number of aryl methyl sites for hydroxylation is 1. The lowest BCUT2D eigenvalue weighted by Crippen LogP contribution is -2.60. The molecule has 5 heterocycles. The number of nitrogen functional groups attached to an aromatic ring is 1. The molecule has 3 N–H and O–H groups in total. The van der Waals surface area contributed by atoms with Gasteiger partial charge in [-0.3, -0.25) is 4.90 Å². The van der Waals surface area contributed by atoms with E-state index in [0.717, 1.165) is 57.3 Å². The van der Waals surface area contributed by atoms with Crippen LogP contribution < -0.4 is 20.3 Å².